The Morgan fingerprint density at radius 1 is 1.08 bits per heavy atom. The standard InChI is InChI=1S/C20H28N2O4/c23-18-11-6-1-2-7-13-22(18)16-19(24)21(14-8-12-20(25)26)15-17-9-4-3-5-10-17/h3-5,9-10H,1-2,6-8,11-16H2,(H,25,26). The van der Waals surface area contributed by atoms with E-state index < -0.39 is 5.97 Å². The first-order chi connectivity index (χ1) is 12.6. The molecule has 1 fully saturated rings. The van der Waals surface area contributed by atoms with Crippen LogP contribution in [-0.4, -0.2) is 52.3 Å². The van der Waals surface area contributed by atoms with Crippen LogP contribution in [0.1, 0.15) is 50.5 Å². The molecule has 1 saturated heterocycles. The number of nitrogens with zero attached hydrogens (tertiary/aromatic N) is 2. The third-order valence-corrected chi connectivity index (χ3v) is 4.64. The number of aliphatic carboxylic acids is 1. The zero-order chi connectivity index (χ0) is 18.8. The van der Waals surface area contributed by atoms with Crippen molar-refractivity contribution >= 4 is 17.8 Å². The van der Waals surface area contributed by atoms with Gasteiger partial charge in [0, 0.05) is 32.5 Å². The average Bonchev–Trinajstić information content (AvgIpc) is 2.61. The Hall–Kier alpha value is -2.37. The summed E-state index contributed by atoms with van der Waals surface area (Å²) in [5, 5.41) is 8.85. The number of rotatable bonds is 8. The Morgan fingerprint density at radius 3 is 2.54 bits per heavy atom. The molecule has 6 heteroatoms. The molecule has 0 bridgehead atoms. The predicted molar refractivity (Wildman–Crippen MR) is 98.4 cm³/mol. The Kier molecular flexibility index (Phi) is 8.12. The second-order valence-corrected chi connectivity index (χ2v) is 6.78. The van der Waals surface area contributed by atoms with Crippen LogP contribution in [0.15, 0.2) is 30.3 Å². The topological polar surface area (TPSA) is 77.9 Å². The summed E-state index contributed by atoms with van der Waals surface area (Å²) in [6.45, 7) is 1.51. The SMILES string of the molecule is O=C(O)CCCN(Cc1ccccc1)C(=O)CN1CCCCCCC1=O. The van der Waals surface area contributed by atoms with E-state index in [0.29, 0.717) is 32.5 Å². The maximum atomic E-state index is 12.8. The van der Waals surface area contributed by atoms with Crippen LogP contribution in [0, 0.1) is 0 Å². The van der Waals surface area contributed by atoms with Gasteiger partial charge in [0.1, 0.15) is 0 Å². The molecule has 2 rings (SSSR count). The monoisotopic (exact) mass is 360 g/mol. The maximum absolute atomic E-state index is 12.8. The number of likely N-dealkylation sites (tertiary alicyclic amines) is 1. The van der Waals surface area contributed by atoms with Crippen molar-refractivity contribution in [3.8, 4) is 0 Å². The molecule has 0 aromatic heterocycles. The molecule has 1 N–H and O–H groups in total. The Morgan fingerprint density at radius 2 is 1.81 bits per heavy atom. The molecule has 0 saturated carbocycles. The molecule has 0 atom stereocenters. The summed E-state index contributed by atoms with van der Waals surface area (Å²) in [7, 11) is 0. The van der Waals surface area contributed by atoms with Crippen molar-refractivity contribution in [3.63, 3.8) is 0 Å². The van der Waals surface area contributed by atoms with Crippen LogP contribution in [0.3, 0.4) is 0 Å². The lowest BCUT2D eigenvalue weighted by Gasteiger charge is -2.29. The second kappa shape index (κ2) is 10.6. The van der Waals surface area contributed by atoms with Crippen LogP contribution in [0.2, 0.25) is 0 Å². The zero-order valence-electron chi connectivity index (χ0n) is 15.2. The van der Waals surface area contributed by atoms with Gasteiger partial charge in [-0.1, -0.05) is 43.2 Å². The molecule has 142 valence electrons. The van der Waals surface area contributed by atoms with E-state index in [2.05, 4.69) is 0 Å². The number of amides is 2. The Bertz CT molecular complexity index is 603. The summed E-state index contributed by atoms with van der Waals surface area (Å²) >= 11 is 0. The van der Waals surface area contributed by atoms with Crippen molar-refractivity contribution in [2.24, 2.45) is 0 Å². The Labute approximate surface area is 154 Å². The van der Waals surface area contributed by atoms with Crippen molar-refractivity contribution in [1.29, 1.82) is 0 Å². The highest BCUT2D eigenvalue weighted by atomic mass is 16.4. The van der Waals surface area contributed by atoms with Gasteiger partial charge in [-0.3, -0.25) is 14.4 Å². The van der Waals surface area contributed by atoms with Crippen LogP contribution >= 0.6 is 0 Å². The van der Waals surface area contributed by atoms with Crippen molar-refractivity contribution in [2.75, 3.05) is 19.6 Å². The molecule has 2 amide bonds. The van der Waals surface area contributed by atoms with Crippen LogP contribution in [0.5, 0.6) is 0 Å². The summed E-state index contributed by atoms with van der Waals surface area (Å²) in [5.41, 5.74) is 0.996. The highest BCUT2D eigenvalue weighted by molar-refractivity contribution is 5.85. The van der Waals surface area contributed by atoms with E-state index in [1.54, 1.807) is 9.80 Å². The number of carboxylic acid groups (broad SMARTS) is 1. The van der Waals surface area contributed by atoms with E-state index in [4.69, 9.17) is 5.11 Å². The fourth-order valence-corrected chi connectivity index (χ4v) is 3.16. The molecule has 1 heterocycles. The van der Waals surface area contributed by atoms with E-state index in [0.717, 1.165) is 31.2 Å². The summed E-state index contributed by atoms with van der Waals surface area (Å²) in [5.74, 6) is -0.938. The van der Waals surface area contributed by atoms with E-state index in [-0.39, 0.29) is 24.8 Å². The van der Waals surface area contributed by atoms with Crippen molar-refractivity contribution < 1.29 is 19.5 Å². The summed E-state index contributed by atoms with van der Waals surface area (Å²) in [4.78, 5) is 39.2. The molecular weight excluding hydrogens is 332 g/mol. The minimum absolute atomic E-state index is 0.0290. The second-order valence-electron chi connectivity index (χ2n) is 6.78. The number of benzene rings is 1. The maximum Gasteiger partial charge on any atom is 0.303 e. The largest absolute Gasteiger partial charge is 0.481 e. The highest BCUT2D eigenvalue weighted by Gasteiger charge is 2.22. The highest BCUT2D eigenvalue weighted by Crippen LogP contribution is 2.13. The number of carbonyl (C=O) groups excluding carboxylic acids is 2. The first-order valence-electron chi connectivity index (χ1n) is 9.37. The van der Waals surface area contributed by atoms with Gasteiger partial charge < -0.3 is 14.9 Å². The third kappa shape index (κ3) is 6.86. The van der Waals surface area contributed by atoms with Crippen molar-refractivity contribution in [2.45, 2.75) is 51.5 Å². The summed E-state index contributed by atoms with van der Waals surface area (Å²) < 4.78 is 0. The number of hydrogen-bond acceptors (Lipinski definition) is 3. The number of hydrogen-bond donors (Lipinski definition) is 1. The van der Waals surface area contributed by atoms with Gasteiger partial charge in [-0.05, 0) is 24.8 Å². The number of carboxylic acids is 1. The van der Waals surface area contributed by atoms with Crippen molar-refractivity contribution in [1.82, 2.24) is 9.80 Å². The summed E-state index contributed by atoms with van der Waals surface area (Å²) in [6, 6.07) is 9.63. The average molecular weight is 360 g/mol. The lowest BCUT2D eigenvalue weighted by Crippen LogP contribution is -2.43. The molecule has 1 aromatic carbocycles. The molecule has 1 aliphatic rings. The first-order valence-corrected chi connectivity index (χ1v) is 9.37. The molecule has 26 heavy (non-hydrogen) atoms. The van der Waals surface area contributed by atoms with E-state index in [1.807, 2.05) is 30.3 Å². The third-order valence-electron chi connectivity index (χ3n) is 4.64. The molecule has 1 aromatic rings. The zero-order valence-corrected chi connectivity index (χ0v) is 15.2. The molecule has 6 nitrogen and oxygen atoms in total. The van der Waals surface area contributed by atoms with E-state index in [1.165, 1.54) is 0 Å². The first kappa shape index (κ1) is 19.9. The van der Waals surface area contributed by atoms with Crippen LogP contribution < -0.4 is 0 Å². The van der Waals surface area contributed by atoms with Gasteiger partial charge in [0.25, 0.3) is 0 Å². The fraction of sp³-hybridized carbons (Fsp3) is 0.550. The van der Waals surface area contributed by atoms with Gasteiger partial charge in [-0.15, -0.1) is 0 Å². The molecule has 0 aliphatic carbocycles. The number of carbonyl (C=O) groups is 3. The van der Waals surface area contributed by atoms with Crippen LogP contribution in [0.25, 0.3) is 0 Å². The lowest BCUT2D eigenvalue weighted by atomic mass is 10.1. The van der Waals surface area contributed by atoms with E-state index >= 15 is 0 Å². The van der Waals surface area contributed by atoms with E-state index in [9.17, 15) is 14.4 Å². The van der Waals surface area contributed by atoms with Gasteiger partial charge in [-0.25, -0.2) is 0 Å². The normalized spacial score (nSPS) is 15.2. The minimum Gasteiger partial charge on any atom is -0.481 e. The quantitative estimate of drug-likeness (QED) is 0.773. The van der Waals surface area contributed by atoms with Gasteiger partial charge >= 0.3 is 5.97 Å². The van der Waals surface area contributed by atoms with Crippen LogP contribution in [0.4, 0.5) is 0 Å². The Balaban J connectivity index is 2.00. The predicted octanol–water partition coefficient (Wildman–Crippen LogP) is 2.67. The molecule has 0 unspecified atom stereocenters. The molecule has 0 radical (unpaired) electrons. The van der Waals surface area contributed by atoms with Gasteiger partial charge in [0.15, 0.2) is 0 Å². The smallest absolute Gasteiger partial charge is 0.303 e. The lowest BCUT2D eigenvalue weighted by molar-refractivity contribution is -0.141. The van der Waals surface area contributed by atoms with Crippen molar-refractivity contribution in [3.05, 3.63) is 35.9 Å². The summed E-state index contributed by atoms with van der Waals surface area (Å²) in [6.07, 6.45) is 4.91. The molecule has 0 spiro atoms. The molecule has 1 aliphatic heterocycles. The van der Waals surface area contributed by atoms with Gasteiger partial charge in [-0.2, -0.15) is 0 Å². The molecular formula is C20H28N2O4. The van der Waals surface area contributed by atoms with Gasteiger partial charge in [0.05, 0.1) is 6.54 Å². The minimum atomic E-state index is -0.865. The van der Waals surface area contributed by atoms with Gasteiger partial charge in [0.2, 0.25) is 11.8 Å². The fourth-order valence-electron chi connectivity index (χ4n) is 3.16. The van der Waals surface area contributed by atoms with Crippen LogP contribution in [-0.2, 0) is 20.9 Å².